The van der Waals surface area contributed by atoms with E-state index in [1.54, 1.807) is 13.2 Å². The highest BCUT2D eigenvalue weighted by molar-refractivity contribution is 6.04. The van der Waals surface area contributed by atoms with Gasteiger partial charge < -0.3 is 20.3 Å². The van der Waals surface area contributed by atoms with Crippen LogP contribution in [0.3, 0.4) is 0 Å². The van der Waals surface area contributed by atoms with Crippen LogP contribution in [-0.4, -0.2) is 43.5 Å². The van der Waals surface area contributed by atoms with Gasteiger partial charge in [-0.15, -0.1) is 0 Å². The molecule has 7 nitrogen and oxygen atoms in total. The Labute approximate surface area is 162 Å². The first-order valence-electron chi connectivity index (χ1n) is 9.00. The molecule has 0 saturated carbocycles. The molecule has 3 aromatic rings. The summed E-state index contributed by atoms with van der Waals surface area (Å²) < 4.78 is 5.21. The molecule has 7 heteroatoms. The molecule has 28 heavy (non-hydrogen) atoms. The number of carbonyl (C=O) groups is 2. The van der Waals surface area contributed by atoms with Gasteiger partial charge in [0.2, 0.25) is 5.91 Å². The van der Waals surface area contributed by atoms with Crippen molar-refractivity contribution in [3.63, 3.8) is 0 Å². The maximum atomic E-state index is 12.5. The number of amides is 2. The number of piperazine rings is 1. The normalized spacial score (nSPS) is 13.9. The molecule has 0 spiro atoms. The Balaban J connectivity index is 1.47. The molecule has 1 aliphatic rings. The molecule has 2 N–H and O–H groups in total. The molecule has 4 rings (SSSR count). The third-order valence-electron chi connectivity index (χ3n) is 4.66. The Hall–Kier alpha value is -3.61. The molecule has 0 radical (unpaired) electrons. The highest BCUT2D eigenvalue weighted by Crippen LogP contribution is 2.21. The van der Waals surface area contributed by atoms with E-state index in [-0.39, 0.29) is 11.8 Å². The molecule has 2 amide bonds. The van der Waals surface area contributed by atoms with Crippen LogP contribution in [-0.2, 0) is 4.79 Å². The van der Waals surface area contributed by atoms with Crippen LogP contribution in [0.25, 0.3) is 10.9 Å². The third kappa shape index (κ3) is 3.73. The molecule has 1 fully saturated rings. The Kier molecular flexibility index (Phi) is 4.80. The lowest BCUT2D eigenvalue weighted by atomic mass is 10.2. The van der Waals surface area contributed by atoms with Crippen molar-refractivity contribution >= 4 is 34.1 Å². The zero-order chi connectivity index (χ0) is 19.5. The molecular weight excluding hydrogens is 356 g/mol. The van der Waals surface area contributed by atoms with Crippen molar-refractivity contribution in [1.82, 2.24) is 10.3 Å². The molecule has 2 heterocycles. The number of methoxy groups -OCH3 is 1. The predicted octanol–water partition coefficient (Wildman–Crippen LogP) is 2.43. The molecule has 142 valence electrons. The summed E-state index contributed by atoms with van der Waals surface area (Å²) in [7, 11) is 1.61. The van der Waals surface area contributed by atoms with Crippen LogP contribution < -0.4 is 20.3 Å². The predicted molar refractivity (Wildman–Crippen MR) is 108 cm³/mol. The summed E-state index contributed by atoms with van der Waals surface area (Å²) in [5.41, 5.74) is 2.69. The minimum absolute atomic E-state index is 0.0172. The standard InChI is InChI=1S/C21H20N4O3/c1-28-17-7-9-18-14(12-17)2-8-19(24-18)21(27)23-15-3-5-16(6-4-15)25-11-10-22-20(26)13-25/h2-9,12H,10-11,13H2,1H3,(H,22,26)(H,23,27). The lowest BCUT2D eigenvalue weighted by molar-refractivity contribution is -0.120. The number of nitrogens with zero attached hydrogens (tertiary/aromatic N) is 2. The van der Waals surface area contributed by atoms with E-state index in [2.05, 4.69) is 15.6 Å². The fourth-order valence-corrected chi connectivity index (χ4v) is 3.17. The van der Waals surface area contributed by atoms with Crippen LogP contribution in [0, 0.1) is 0 Å². The summed E-state index contributed by atoms with van der Waals surface area (Å²) >= 11 is 0. The smallest absolute Gasteiger partial charge is 0.274 e. The monoisotopic (exact) mass is 376 g/mol. The number of anilines is 2. The van der Waals surface area contributed by atoms with Crippen LogP contribution in [0.2, 0.25) is 0 Å². The zero-order valence-corrected chi connectivity index (χ0v) is 15.4. The molecule has 0 atom stereocenters. The van der Waals surface area contributed by atoms with Crippen molar-refractivity contribution in [2.45, 2.75) is 0 Å². The van der Waals surface area contributed by atoms with Crippen LogP contribution in [0.5, 0.6) is 5.75 Å². The average molecular weight is 376 g/mol. The molecule has 1 aromatic heterocycles. The number of hydrogen-bond acceptors (Lipinski definition) is 5. The number of nitrogens with one attached hydrogen (secondary N) is 2. The summed E-state index contributed by atoms with van der Waals surface area (Å²) in [6.45, 7) is 1.75. The van der Waals surface area contributed by atoms with Crippen molar-refractivity contribution in [3.8, 4) is 5.75 Å². The molecule has 0 unspecified atom stereocenters. The van der Waals surface area contributed by atoms with Gasteiger partial charge in [-0.25, -0.2) is 4.98 Å². The largest absolute Gasteiger partial charge is 0.497 e. The first-order valence-corrected chi connectivity index (χ1v) is 9.00. The molecule has 0 aliphatic carbocycles. The number of benzene rings is 2. The van der Waals surface area contributed by atoms with Gasteiger partial charge in [-0.1, -0.05) is 6.07 Å². The Morgan fingerprint density at radius 1 is 1.14 bits per heavy atom. The van der Waals surface area contributed by atoms with Crippen LogP contribution >= 0.6 is 0 Å². The molecule has 2 aromatic carbocycles. The zero-order valence-electron chi connectivity index (χ0n) is 15.4. The molecule has 0 bridgehead atoms. The maximum Gasteiger partial charge on any atom is 0.274 e. The average Bonchev–Trinajstić information content (AvgIpc) is 2.73. The SMILES string of the molecule is COc1ccc2nc(C(=O)Nc3ccc(N4CCNC(=O)C4)cc3)ccc2c1. The van der Waals surface area contributed by atoms with Gasteiger partial charge in [0, 0.05) is 29.9 Å². The lowest BCUT2D eigenvalue weighted by Gasteiger charge is -2.28. The van der Waals surface area contributed by atoms with Gasteiger partial charge in [-0.3, -0.25) is 9.59 Å². The lowest BCUT2D eigenvalue weighted by Crippen LogP contribution is -2.47. The highest BCUT2D eigenvalue weighted by Gasteiger charge is 2.16. The van der Waals surface area contributed by atoms with E-state index in [0.717, 1.165) is 28.9 Å². The summed E-state index contributed by atoms with van der Waals surface area (Å²) in [5, 5.41) is 6.57. The highest BCUT2D eigenvalue weighted by atomic mass is 16.5. The number of pyridine rings is 1. The van der Waals surface area contributed by atoms with E-state index < -0.39 is 0 Å². The fourth-order valence-electron chi connectivity index (χ4n) is 3.17. The number of ether oxygens (including phenoxy) is 1. The van der Waals surface area contributed by atoms with Gasteiger partial charge in [0.1, 0.15) is 11.4 Å². The number of aromatic nitrogens is 1. The Bertz CT molecular complexity index is 1030. The second kappa shape index (κ2) is 7.56. The summed E-state index contributed by atoms with van der Waals surface area (Å²) in [6.07, 6.45) is 0. The Morgan fingerprint density at radius 2 is 1.96 bits per heavy atom. The quantitative estimate of drug-likeness (QED) is 0.731. The Morgan fingerprint density at radius 3 is 2.71 bits per heavy atom. The van der Waals surface area contributed by atoms with Crippen molar-refractivity contribution in [2.75, 3.05) is 37.0 Å². The van der Waals surface area contributed by atoms with E-state index in [1.165, 1.54) is 0 Å². The number of rotatable bonds is 4. The fraction of sp³-hybridized carbons (Fsp3) is 0.190. The van der Waals surface area contributed by atoms with Gasteiger partial charge in [0.05, 0.1) is 19.2 Å². The summed E-state index contributed by atoms with van der Waals surface area (Å²) in [5.74, 6) is 0.490. The van der Waals surface area contributed by atoms with Crippen LogP contribution in [0.15, 0.2) is 54.6 Å². The van der Waals surface area contributed by atoms with E-state index >= 15 is 0 Å². The number of carbonyl (C=O) groups excluding carboxylic acids is 2. The number of hydrogen-bond donors (Lipinski definition) is 2. The van der Waals surface area contributed by atoms with Crippen molar-refractivity contribution in [3.05, 3.63) is 60.3 Å². The first kappa shape index (κ1) is 17.8. The van der Waals surface area contributed by atoms with Gasteiger partial charge in [-0.05, 0) is 48.5 Å². The summed E-state index contributed by atoms with van der Waals surface area (Å²) in [4.78, 5) is 30.5. The molecule has 1 saturated heterocycles. The minimum atomic E-state index is -0.275. The van der Waals surface area contributed by atoms with Gasteiger partial charge in [0.25, 0.3) is 5.91 Å². The van der Waals surface area contributed by atoms with Crippen LogP contribution in [0.1, 0.15) is 10.5 Å². The second-order valence-electron chi connectivity index (χ2n) is 6.53. The first-order chi connectivity index (χ1) is 13.6. The second-order valence-corrected chi connectivity index (χ2v) is 6.53. The van der Waals surface area contributed by atoms with Crippen molar-refractivity contribution in [2.24, 2.45) is 0 Å². The van der Waals surface area contributed by atoms with Gasteiger partial charge in [-0.2, -0.15) is 0 Å². The van der Waals surface area contributed by atoms with E-state index in [9.17, 15) is 9.59 Å². The molecular formula is C21H20N4O3. The van der Waals surface area contributed by atoms with Crippen molar-refractivity contribution < 1.29 is 14.3 Å². The summed E-state index contributed by atoms with van der Waals surface area (Å²) in [6, 6.07) is 16.5. The molecule has 1 aliphatic heterocycles. The van der Waals surface area contributed by atoms with Gasteiger partial charge in [0.15, 0.2) is 0 Å². The topological polar surface area (TPSA) is 83.6 Å². The van der Waals surface area contributed by atoms with Gasteiger partial charge >= 0.3 is 0 Å². The van der Waals surface area contributed by atoms with Crippen LogP contribution in [0.4, 0.5) is 11.4 Å². The number of fused-ring (bicyclic) bond motifs is 1. The minimum Gasteiger partial charge on any atom is -0.497 e. The van der Waals surface area contributed by atoms with Crippen molar-refractivity contribution in [1.29, 1.82) is 0 Å². The van der Waals surface area contributed by atoms with E-state index in [1.807, 2.05) is 53.4 Å². The maximum absolute atomic E-state index is 12.5. The third-order valence-corrected chi connectivity index (χ3v) is 4.66. The van der Waals surface area contributed by atoms with E-state index in [4.69, 9.17) is 4.74 Å². The van der Waals surface area contributed by atoms with E-state index in [0.29, 0.717) is 24.5 Å².